The van der Waals surface area contributed by atoms with Crippen LogP contribution < -0.4 is 4.74 Å². The molecule has 11 heteroatoms. The first-order chi connectivity index (χ1) is 15.5. The highest BCUT2D eigenvalue weighted by Gasteiger charge is 2.46. The fraction of sp³-hybridized carbons (Fsp3) is 0.273. The van der Waals surface area contributed by atoms with E-state index >= 15 is 0 Å². The van der Waals surface area contributed by atoms with Gasteiger partial charge in [-0.1, -0.05) is 35.9 Å². The predicted molar refractivity (Wildman–Crippen MR) is 111 cm³/mol. The second kappa shape index (κ2) is 9.70. The zero-order chi connectivity index (χ0) is 24.3. The molecule has 0 fully saturated rings. The van der Waals surface area contributed by atoms with Crippen LogP contribution in [0.2, 0.25) is 5.02 Å². The van der Waals surface area contributed by atoms with Gasteiger partial charge in [-0.25, -0.2) is 18.4 Å². The summed E-state index contributed by atoms with van der Waals surface area (Å²) in [6.45, 7) is -1.79. The van der Waals surface area contributed by atoms with Crippen molar-refractivity contribution in [2.24, 2.45) is 0 Å². The number of carboxylic acids is 1. The molecule has 2 N–H and O–H groups in total. The van der Waals surface area contributed by atoms with E-state index in [0.717, 1.165) is 12.1 Å². The normalized spacial score (nSPS) is 15.5. The molecule has 2 aromatic rings. The van der Waals surface area contributed by atoms with Gasteiger partial charge in [0.2, 0.25) is 0 Å². The van der Waals surface area contributed by atoms with E-state index in [1.54, 1.807) is 0 Å². The molecule has 0 saturated carbocycles. The van der Waals surface area contributed by atoms with Crippen LogP contribution >= 0.6 is 11.6 Å². The number of hydrogen-bond donors (Lipinski definition) is 2. The lowest BCUT2D eigenvalue weighted by Gasteiger charge is -2.33. The summed E-state index contributed by atoms with van der Waals surface area (Å²) in [6, 6.07) is 7.50. The first-order valence-electron chi connectivity index (χ1n) is 9.69. The van der Waals surface area contributed by atoms with Crippen molar-refractivity contribution in [3.05, 3.63) is 69.8 Å². The number of carbonyl (C=O) groups is 2. The van der Waals surface area contributed by atoms with Crippen molar-refractivity contribution in [3.63, 3.8) is 0 Å². The number of aryl methyl sites for hydroxylation is 1. The van der Waals surface area contributed by atoms with Crippen LogP contribution in [0.1, 0.15) is 17.5 Å². The number of hydrogen-bond acceptors (Lipinski definition) is 3. The molecule has 1 heterocycles. The fourth-order valence-electron chi connectivity index (χ4n) is 3.49. The van der Waals surface area contributed by atoms with Gasteiger partial charge in [0.1, 0.15) is 10.8 Å². The van der Waals surface area contributed by atoms with Crippen molar-refractivity contribution in [2.75, 3.05) is 19.7 Å². The third kappa shape index (κ3) is 5.39. The molecule has 1 aliphatic heterocycles. The first kappa shape index (κ1) is 24.4. The SMILES string of the molecule is O=C(O)C1=C(c2ccc(CCCOc3c(F)ccc(F)c3Cl)cc2)C(F)(F)CN(C(=O)O)C1. The van der Waals surface area contributed by atoms with E-state index in [1.807, 2.05) is 0 Å². The number of alkyl halides is 2. The summed E-state index contributed by atoms with van der Waals surface area (Å²) in [5, 5.41) is 17.9. The van der Waals surface area contributed by atoms with Crippen molar-refractivity contribution in [1.29, 1.82) is 0 Å². The average Bonchev–Trinajstić information content (AvgIpc) is 2.75. The molecule has 0 atom stereocenters. The van der Waals surface area contributed by atoms with Gasteiger partial charge in [0.05, 0.1) is 25.3 Å². The van der Waals surface area contributed by atoms with Crippen LogP contribution in [0.15, 0.2) is 42.0 Å². The van der Waals surface area contributed by atoms with E-state index < -0.39 is 64.6 Å². The second-order valence-corrected chi connectivity index (χ2v) is 7.70. The van der Waals surface area contributed by atoms with Gasteiger partial charge < -0.3 is 14.9 Å². The highest BCUT2D eigenvalue weighted by atomic mass is 35.5. The Hall–Kier alpha value is -3.27. The van der Waals surface area contributed by atoms with Gasteiger partial charge in [0.15, 0.2) is 11.6 Å². The maximum atomic E-state index is 14.7. The van der Waals surface area contributed by atoms with Crippen LogP contribution in [0.3, 0.4) is 0 Å². The lowest BCUT2D eigenvalue weighted by atomic mass is 9.89. The summed E-state index contributed by atoms with van der Waals surface area (Å²) in [4.78, 5) is 23.0. The number of ether oxygens (including phenoxy) is 1. The van der Waals surface area contributed by atoms with E-state index in [0.29, 0.717) is 23.3 Å². The highest BCUT2D eigenvalue weighted by molar-refractivity contribution is 6.32. The van der Waals surface area contributed by atoms with Crippen molar-refractivity contribution in [1.82, 2.24) is 4.90 Å². The van der Waals surface area contributed by atoms with E-state index in [2.05, 4.69) is 0 Å². The molecular weight excluding hydrogens is 470 g/mol. The highest BCUT2D eigenvalue weighted by Crippen LogP contribution is 2.39. The minimum atomic E-state index is -3.69. The maximum Gasteiger partial charge on any atom is 0.407 e. The van der Waals surface area contributed by atoms with Gasteiger partial charge in [-0.05, 0) is 36.1 Å². The summed E-state index contributed by atoms with van der Waals surface area (Å²) in [6.07, 6.45) is -0.856. The molecule has 3 rings (SSSR count). The van der Waals surface area contributed by atoms with Gasteiger partial charge in [-0.3, -0.25) is 4.90 Å². The molecule has 0 bridgehead atoms. The third-order valence-electron chi connectivity index (χ3n) is 5.04. The van der Waals surface area contributed by atoms with E-state index in [4.69, 9.17) is 21.4 Å². The summed E-state index contributed by atoms with van der Waals surface area (Å²) in [5.41, 5.74) is -0.740. The Balaban J connectivity index is 1.70. The first-order valence-corrected chi connectivity index (χ1v) is 10.1. The second-order valence-electron chi connectivity index (χ2n) is 7.32. The van der Waals surface area contributed by atoms with Crippen LogP contribution in [0.5, 0.6) is 5.75 Å². The Kier molecular flexibility index (Phi) is 7.16. The van der Waals surface area contributed by atoms with Gasteiger partial charge in [0.25, 0.3) is 5.92 Å². The molecule has 1 amide bonds. The standard InChI is InChI=1S/C22H18ClF4NO5/c23-18-15(24)7-8-16(25)19(18)33-9-1-2-12-3-5-13(6-4-12)17-14(20(29)30)10-28(21(31)32)11-22(17,26)27/h3-8H,1-2,9-11H2,(H,29,30)(H,31,32). The topological polar surface area (TPSA) is 87.1 Å². The minimum absolute atomic E-state index is 0.0131. The van der Waals surface area contributed by atoms with Crippen LogP contribution in [0, 0.1) is 11.6 Å². The zero-order valence-corrected chi connectivity index (χ0v) is 17.7. The molecule has 1 aliphatic rings. The summed E-state index contributed by atoms with van der Waals surface area (Å²) < 4.78 is 61.7. The Morgan fingerprint density at radius 1 is 1.06 bits per heavy atom. The molecule has 2 aromatic carbocycles. The Bertz CT molecular complexity index is 1100. The summed E-state index contributed by atoms with van der Waals surface area (Å²) in [5.74, 6) is -7.32. The molecule has 6 nitrogen and oxygen atoms in total. The molecule has 0 radical (unpaired) electrons. The van der Waals surface area contributed by atoms with E-state index in [-0.39, 0.29) is 12.2 Å². The third-order valence-corrected chi connectivity index (χ3v) is 5.39. The monoisotopic (exact) mass is 487 g/mol. The minimum Gasteiger partial charge on any atom is -0.489 e. The average molecular weight is 488 g/mol. The maximum absolute atomic E-state index is 14.7. The van der Waals surface area contributed by atoms with E-state index in [1.165, 1.54) is 24.3 Å². The number of benzene rings is 2. The smallest absolute Gasteiger partial charge is 0.407 e. The molecule has 0 aliphatic carbocycles. The van der Waals surface area contributed by atoms with Crippen LogP contribution in [0.25, 0.3) is 5.57 Å². The quantitative estimate of drug-likeness (QED) is 0.322. The fourth-order valence-corrected chi connectivity index (χ4v) is 3.70. The van der Waals surface area contributed by atoms with Crippen molar-refractivity contribution in [2.45, 2.75) is 18.8 Å². The Morgan fingerprint density at radius 3 is 2.30 bits per heavy atom. The van der Waals surface area contributed by atoms with Crippen molar-refractivity contribution >= 4 is 29.2 Å². The van der Waals surface area contributed by atoms with Crippen molar-refractivity contribution < 1.29 is 42.1 Å². The molecule has 0 unspecified atom stereocenters. The number of halogens is 5. The van der Waals surface area contributed by atoms with Gasteiger partial charge >= 0.3 is 12.1 Å². The largest absolute Gasteiger partial charge is 0.489 e. The van der Waals surface area contributed by atoms with E-state index in [9.17, 15) is 32.3 Å². The number of rotatable bonds is 7. The molecular formula is C22H18ClF4NO5. The predicted octanol–water partition coefficient (Wildman–Crippen LogP) is 5.10. The van der Waals surface area contributed by atoms with Crippen LogP contribution in [-0.2, 0) is 11.2 Å². The van der Waals surface area contributed by atoms with Gasteiger partial charge in [-0.15, -0.1) is 0 Å². The molecule has 0 spiro atoms. The molecule has 33 heavy (non-hydrogen) atoms. The summed E-state index contributed by atoms with van der Waals surface area (Å²) in [7, 11) is 0. The lowest BCUT2D eigenvalue weighted by Crippen LogP contribution is -2.47. The lowest BCUT2D eigenvalue weighted by molar-refractivity contribution is -0.133. The zero-order valence-electron chi connectivity index (χ0n) is 17.0. The number of nitrogens with zero attached hydrogens (tertiary/aromatic N) is 1. The molecule has 0 saturated heterocycles. The Labute approximate surface area is 190 Å². The Morgan fingerprint density at radius 2 is 1.70 bits per heavy atom. The molecule has 0 aromatic heterocycles. The number of amides is 1. The van der Waals surface area contributed by atoms with Crippen LogP contribution in [-0.4, -0.2) is 52.8 Å². The van der Waals surface area contributed by atoms with Gasteiger partial charge in [-0.2, -0.15) is 8.78 Å². The number of carboxylic acid groups (broad SMARTS) is 2. The molecule has 176 valence electrons. The number of aliphatic carboxylic acids is 1. The van der Waals surface area contributed by atoms with Crippen LogP contribution in [0.4, 0.5) is 22.4 Å². The van der Waals surface area contributed by atoms with Crippen molar-refractivity contribution in [3.8, 4) is 5.75 Å². The van der Waals surface area contributed by atoms with Gasteiger partial charge in [0, 0.05) is 5.57 Å². The summed E-state index contributed by atoms with van der Waals surface area (Å²) >= 11 is 5.69.